The molecule has 0 radical (unpaired) electrons. The number of benzene rings is 1. The minimum Gasteiger partial charge on any atom is -0.464 e. The van der Waals surface area contributed by atoms with E-state index in [2.05, 4.69) is 9.72 Å². The number of nitrogens with zero attached hydrogens (tertiary/aromatic N) is 1. The highest BCUT2D eigenvalue weighted by Crippen LogP contribution is 2.33. The number of aromatic amines is 1. The summed E-state index contributed by atoms with van der Waals surface area (Å²) in [6.07, 6.45) is 0.843. The molecule has 1 unspecified atom stereocenters. The van der Waals surface area contributed by atoms with Crippen LogP contribution in [0.5, 0.6) is 0 Å². The van der Waals surface area contributed by atoms with Gasteiger partial charge in [-0.3, -0.25) is 9.69 Å². The molecule has 1 saturated heterocycles. The van der Waals surface area contributed by atoms with Crippen LogP contribution in [0.15, 0.2) is 24.3 Å². The predicted molar refractivity (Wildman–Crippen MR) is 87.7 cm³/mol. The summed E-state index contributed by atoms with van der Waals surface area (Å²) in [5.74, 6) is -2.67. The number of amides is 1. The van der Waals surface area contributed by atoms with Gasteiger partial charge in [0.2, 0.25) is 5.91 Å². The van der Waals surface area contributed by atoms with Crippen molar-refractivity contribution in [2.24, 2.45) is 5.92 Å². The quantitative estimate of drug-likeness (QED) is 0.842. The number of esters is 1. The highest BCUT2D eigenvalue weighted by Gasteiger charge is 2.35. The van der Waals surface area contributed by atoms with Crippen molar-refractivity contribution in [3.63, 3.8) is 0 Å². The molecule has 25 heavy (non-hydrogen) atoms. The number of ether oxygens (including phenoxy) is 1. The second-order valence-electron chi connectivity index (χ2n) is 5.80. The molecule has 1 N–H and O–H groups in total. The smallest absolute Gasteiger partial charge is 0.354 e. The lowest BCUT2D eigenvalue weighted by atomic mass is 9.98. The number of hydrogen-bond donors (Lipinski definition) is 1. The lowest BCUT2D eigenvalue weighted by Crippen LogP contribution is -2.28. The number of anilines is 1. The van der Waals surface area contributed by atoms with Crippen LogP contribution in [0.3, 0.4) is 0 Å². The molecule has 0 aliphatic carbocycles. The van der Waals surface area contributed by atoms with Crippen LogP contribution >= 0.6 is 11.6 Å². The van der Waals surface area contributed by atoms with Gasteiger partial charge in [0.1, 0.15) is 11.5 Å². The summed E-state index contributed by atoms with van der Waals surface area (Å²) in [5.41, 5.74) is 0.700. The van der Waals surface area contributed by atoms with E-state index in [0.29, 0.717) is 30.8 Å². The Hall–Kier alpha value is -2.41. The summed E-state index contributed by atoms with van der Waals surface area (Å²) in [5, 5.41) is 0.238. The number of nitrogens with one attached hydrogen (secondary N) is 1. The second kappa shape index (κ2) is 6.84. The number of hydrogen-bond acceptors (Lipinski definition) is 3. The average molecular weight is 369 g/mol. The van der Waals surface area contributed by atoms with Crippen LogP contribution < -0.4 is 4.90 Å². The van der Waals surface area contributed by atoms with E-state index in [1.165, 1.54) is 24.1 Å². The van der Waals surface area contributed by atoms with Crippen molar-refractivity contribution in [1.82, 2.24) is 4.98 Å². The van der Waals surface area contributed by atoms with Crippen molar-refractivity contribution in [3.8, 4) is 0 Å². The normalized spacial score (nSPS) is 17.2. The molecule has 1 aromatic heterocycles. The van der Waals surface area contributed by atoms with Gasteiger partial charge in [0.25, 0.3) is 0 Å². The van der Waals surface area contributed by atoms with Gasteiger partial charge >= 0.3 is 5.97 Å². The molecule has 2 aromatic rings. The van der Waals surface area contributed by atoms with E-state index in [1.54, 1.807) is 0 Å². The van der Waals surface area contributed by atoms with Gasteiger partial charge in [-0.05, 0) is 36.6 Å². The number of carbonyl (C=O) groups is 2. The Kier molecular flexibility index (Phi) is 4.76. The Bertz CT molecular complexity index is 837. The first-order chi connectivity index (χ1) is 11.9. The summed E-state index contributed by atoms with van der Waals surface area (Å²) in [6.45, 7) is 0.411. The van der Waals surface area contributed by atoms with Crippen molar-refractivity contribution >= 4 is 29.3 Å². The van der Waals surface area contributed by atoms with Gasteiger partial charge in [-0.2, -0.15) is 0 Å². The standard InChI is InChI=1S/C17H15ClF2N2O3/c1-25-17(24)14-8-11(18)15(21-14)22-5-4-10(16(22)23)6-9-2-3-12(19)13(20)7-9/h2-3,7-8,10,21H,4-6H2,1H3. The topological polar surface area (TPSA) is 62.4 Å². The monoisotopic (exact) mass is 368 g/mol. The molecule has 1 fully saturated rings. The van der Waals surface area contributed by atoms with Crippen LogP contribution in [0.25, 0.3) is 0 Å². The van der Waals surface area contributed by atoms with Crippen LogP contribution in [0.1, 0.15) is 22.5 Å². The fourth-order valence-corrected chi connectivity index (χ4v) is 3.19. The average Bonchev–Trinajstić information content (AvgIpc) is 3.14. The van der Waals surface area contributed by atoms with Gasteiger partial charge in [-0.1, -0.05) is 17.7 Å². The summed E-state index contributed by atoms with van der Waals surface area (Å²) in [6, 6.07) is 5.01. The van der Waals surface area contributed by atoms with E-state index in [1.807, 2.05) is 0 Å². The predicted octanol–water partition coefficient (Wildman–Crippen LogP) is 3.33. The van der Waals surface area contributed by atoms with Gasteiger partial charge in [0.05, 0.1) is 12.1 Å². The van der Waals surface area contributed by atoms with Crippen molar-refractivity contribution < 1.29 is 23.1 Å². The Morgan fingerprint density at radius 1 is 1.36 bits per heavy atom. The molecule has 132 valence electrons. The molecule has 8 heteroatoms. The van der Waals surface area contributed by atoms with Gasteiger partial charge in [-0.15, -0.1) is 0 Å². The number of H-pyrrole nitrogens is 1. The van der Waals surface area contributed by atoms with Crippen LogP contribution in [0, 0.1) is 17.6 Å². The van der Waals surface area contributed by atoms with E-state index in [4.69, 9.17) is 11.6 Å². The largest absolute Gasteiger partial charge is 0.464 e. The first kappa shape index (κ1) is 17.4. The fourth-order valence-electron chi connectivity index (χ4n) is 2.94. The molecule has 1 aromatic carbocycles. The molecular formula is C17H15ClF2N2O3. The summed E-state index contributed by atoms with van der Waals surface area (Å²) in [7, 11) is 1.25. The first-order valence-corrected chi connectivity index (χ1v) is 8.00. The van der Waals surface area contributed by atoms with Crippen molar-refractivity contribution in [1.29, 1.82) is 0 Å². The molecule has 0 saturated carbocycles. The third-order valence-electron chi connectivity index (χ3n) is 4.21. The van der Waals surface area contributed by atoms with Crippen LogP contribution in [-0.2, 0) is 16.0 Å². The molecule has 0 spiro atoms. The van der Waals surface area contributed by atoms with Crippen molar-refractivity contribution in [2.45, 2.75) is 12.8 Å². The molecular weight excluding hydrogens is 354 g/mol. The molecule has 5 nitrogen and oxygen atoms in total. The molecule has 1 amide bonds. The molecule has 3 rings (SSSR count). The molecule has 1 atom stereocenters. The minimum atomic E-state index is -0.935. The molecule has 1 aliphatic rings. The second-order valence-corrected chi connectivity index (χ2v) is 6.21. The van der Waals surface area contributed by atoms with Crippen LogP contribution in [0.2, 0.25) is 5.02 Å². The number of halogens is 3. The van der Waals surface area contributed by atoms with Crippen LogP contribution in [0.4, 0.5) is 14.6 Å². The van der Waals surface area contributed by atoms with Gasteiger partial charge in [-0.25, -0.2) is 13.6 Å². The van der Waals surface area contributed by atoms with Crippen molar-refractivity contribution in [3.05, 3.63) is 52.2 Å². The SMILES string of the molecule is COC(=O)c1cc(Cl)c(N2CCC(Cc3ccc(F)c(F)c3)C2=O)[nH]1. The van der Waals surface area contributed by atoms with E-state index in [0.717, 1.165) is 12.1 Å². The molecule has 1 aliphatic heterocycles. The Morgan fingerprint density at radius 2 is 2.12 bits per heavy atom. The van der Waals surface area contributed by atoms with E-state index in [-0.39, 0.29) is 22.5 Å². The fraction of sp³-hybridized carbons (Fsp3) is 0.294. The van der Waals surface area contributed by atoms with E-state index < -0.39 is 17.6 Å². The summed E-state index contributed by atoms with van der Waals surface area (Å²) in [4.78, 5) is 28.4. The maximum absolute atomic E-state index is 13.3. The molecule has 2 heterocycles. The first-order valence-electron chi connectivity index (χ1n) is 7.63. The zero-order chi connectivity index (χ0) is 18.1. The van der Waals surface area contributed by atoms with Gasteiger partial charge < -0.3 is 9.72 Å². The van der Waals surface area contributed by atoms with Crippen LogP contribution in [-0.4, -0.2) is 30.5 Å². The zero-order valence-corrected chi connectivity index (χ0v) is 14.1. The third-order valence-corrected chi connectivity index (χ3v) is 4.50. The minimum absolute atomic E-state index is 0.152. The lowest BCUT2D eigenvalue weighted by molar-refractivity contribution is -0.120. The number of rotatable bonds is 4. The Morgan fingerprint density at radius 3 is 2.80 bits per heavy atom. The van der Waals surface area contributed by atoms with E-state index >= 15 is 0 Å². The lowest BCUT2D eigenvalue weighted by Gasteiger charge is -2.16. The van der Waals surface area contributed by atoms with Gasteiger partial charge in [0.15, 0.2) is 11.6 Å². The Labute approximate surface area is 147 Å². The maximum atomic E-state index is 13.3. The highest BCUT2D eigenvalue weighted by atomic mass is 35.5. The zero-order valence-electron chi connectivity index (χ0n) is 13.3. The van der Waals surface area contributed by atoms with Crippen molar-refractivity contribution in [2.75, 3.05) is 18.6 Å². The maximum Gasteiger partial charge on any atom is 0.354 e. The molecule has 0 bridgehead atoms. The van der Waals surface area contributed by atoms with Gasteiger partial charge in [0, 0.05) is 12.5 Å². The van der Waals surface area contributed by atoms with E-state index in [9.17, 15) is 18.4 Å². The third kappa shape index (κ3) is 3.37. The summed E-state index contributed by atoms with van der Waals surface area (Å²) < 4.78 is 30.9. The summed E-state index contributed by atoms with van der Waals surface area (Å²) >= 11 is 6.11. The number of methoxy groups -OCH3 is 1. The number of aromatic nitrogens is 1. The highest BCUT2D eigenvalue weighted by molar-refractivity contribution is 6.34. The Balaban J connectivity index is 1.76. The number of carbonyl (C=O) groups excluding carboxylic acids is 2.